The van der Waals surface area contributed by atoms with Gasteiger partial charge in [-0.1, -0.05) is 12.2 Å². The first-order chi connectivity index (χ1) is 7.04. The Morgan fingerprint density at radius 3 is 2.67 bits per heavy atom. The van der Waals surface area contributed by atoms with E-state index in [1.54, 1.807) is 11.8 Å². The molecule has 1 aromatic rings. The van der Waals surface area contributed by atoms with Crippen molar-refractivity contribution in [1.82, 2.24) is 20.1 Å². The van der Waals surface area contributed by atoms with Crippen LogP contribution in [0.25, 0.3) is 0 Å². The number of carbonyl (C=O) groups excluding carboxylic acids is 1. The van der Waals surface area contributed by atoms with E-state index in [4.69, 9.17) is 0 Å². The zero-order valence-corrected chi connectivity index (χ0v) is 9.37. The van der Waals surface area contributed by atoms with Gasteiger partial charge in [0.05, 0.1) is 0 Å². The van der Waals surface area contributed by atoms with Gasteiger partial charge in [0.1, 0.15) is 5.82 Å². The number of rotatable bonds is 4. The molecule has 1 rings (SSSR count). The molecule has 1 aromatic heterocycles. The van der Waals surface area contributed by atoms with Gasteiger partial charge in [-0.3, -0.25) is 9.89 Å². The lowest BCUT2D eigenvalue weighted by Crippen LogP contribution is -2.32. The van der Waals surface area contributed by atoms with Crippen LogP contribution in [0.4, 0.5) is 0 Å². The molecule has 0 aliphatic rings. The fourth-order valence-corrected chi connectivity index (χ4v) is 1.23. The average molecular weight is 208 g/mol. The molecule has 0 atom stereocenters. The molecule has 0 spiro atoms. The molecule has 0 aromatic carbocycles. The summed E-state index contributed by atoms with van der Waals surface area (Å²) in [6, 6.07) is 0. The molecule has 82 valence electrons. The highest BCUT2D eigenvalue weighted by molar-refractivity contribution is 5.90. The quantitative estimate of drug-likeness (QED) is 0.755. The molecule has 0 aliphatic heterocycles. The molecule has 0 saturated heterocycles. The third-order valence-corrected chi connectivity index (χ3v) is 1.92. The molecule has 0 radical (unpaired) electrons. The SMILES string of the molecule is C=C(C)CN(CC)C(=O)c1n[nH]c(C)n1. The Morgan fingerprint density at radius 2 is 2.27 bits per heavy atom. The highest BCUT2D eigenvalue weighted by Gasteiger charge is 2.17. The van der Waals surface area contributed by atoms with Crippen molar-refractivity contribution in [1.29, 1.82) is 0 Å². The minimum Gasteiger partial charge on any atom is -0.332 e. The highest BCUT2D eigenvalue weighted by Crippen LogP contribution is 2.02. The third-order valence-electron chi connectivity index (χ3n) is 1.92. The Labute approximate surface area is 89.2 Å². The zero-order valence-electron chi connectivity index (χ0n) is 9.37. The van der Waals surface area contributed by atoms with Crippen LogP contribution in [0.5, 0.6) is 0 Å². The fourth-order valence-electron chi connectivity index (χ4n) is 1.23. The molecular formula is C10H16N4O. The lowest BCUT2D eigenvalue weighted by atomic mass is 10.3. The van der Waals surface area contributed by atoms with Crippen LogP contribution in [0.1, 0.15) is 30.3 Å². The Bertz CT molecular complexity index is 369. The van der Waals surface area contributed by atoms with Crippen molar-refractivity contribution in [2.45, 2.75) is 20.8 Å². The van der Waals surface area contributed by atoms with Gasteiger partial charge in [-0.05, 0) is 20.8 Å². The van der Waals surface area contributed by atoms with Crippen molar-refractivity contribution in [2.24, 2.45) is 0 Å². The Hall–Kier alpha value is -1.65. The van der Waals surface area contributed by atoms with E-state index in [0.717, 1.165) is 5.57 Å². The smallest absolute Gasteiger partial charge is 0.293 e. The van der Waals surface area contributed by atoms with Gasteiger partial charge in [-0.25, -0.2) is 4.98 Å². The van der Waals surface area contributed by atoms with Crippen LogP contribution in [-0.2, 0) is 0 Å². The summed E-state index contributed by atoms with van der Waals surface area (Å²) in [7, 11) is 0. The van der Waals surface area contributed by atoms with Gasteiger partial charge in [0.2, 0.25) is 5.82 Å². The molecule has 15 heavy (non-hydrogen) atoms. The van der Waals surface area contributed by atoms with Gasteiger partial charge < -0.3 is 4.90 Å². The first kappa shape index (κ1) is 11.4. The second kappa shape index (κ2) is 4.72. The minimum absolute atomic E-state index is 0.162. The van der Waals surface area contributed by atoms with Gasteiger partial charge in [0.25, 0.3) is 5.91 Å². The molecular weight excluding hydrogens is 192 g/mol. The molecule has 0 fully saturated rings. The van der Waals surface area contributed by atoms with E-state index in [1.165, 1.54) is 0 Å². The molecule has 0 aliphatic carbocycles. The van der Waals surface area contributed by atoms with Crippen molar-refractivity contribution in [2.75, 3.05) is 13.1 Å². The average Bonchev–Trinajstić information content (AvgIpc) is 2.60. The van der Waals surface area contributed by atoms with E-state index in [0.29, 0.717) is 18.9 Å². The van der Waals surface area contributed by atoms with Crippen LogP contribution in [-0.4, -0.2) is 39.1 Å². The Balaban J connectivity index is 2.77. The fraction of sp³-hybridized carbons (Fsp3) is 0.500. The molecule has 1 amide bonds. The number of aromatic amines is 1. The van der Waals surface area contributed by atoms with Crippen LogP contribution in [0.3, 0.4) is 0 Å². The lowest BCUT2D eigenvalue weighted by Gasteiger charge is -2.18. The predicted molar refractivity (Wildman–Crippen MR) is 57.5 cm³/mol. The summed E-state index contributed by atoms with van der Waals surface area (Å²) in [5, 5.41) is 6.49. The number of amides is 1. The molecule has 0 unspecified atom stereocenters. The van der Waals surface area contributed by atoms with E-state index in [9.17, 15) is 4.79 Å². The first-order valence-corrected chi connectivity index (χ1v) is 4.87. The number of nitrogens with zero attached hydrogens (tertiary/aromatic N) is 3. The van der Waals surface area contributed by atoms with Gasteiger partial charge in [0, 0.05) is 13.1 Å². The third kappa shape index (κ3) is 2.90. The van der Waals surface area contributed by atoms with E-state index in [1.807, 2.05) is 13.8 Å². The minimum atomic E-state index is -0.162. The number of hydrogen-bond acceptors (Lipinski definition) is 3. The summed E-state index contributed by atoms with van der Waals surface area (Å²) in [6.07, 6.45) is 0. The molecule has 5 nitrogen and oxygen atoms in total. The maximum Gasteiger partial charge on any atom is 0.293 e. The summed E-state index contributed by atoms with van der Waals surface area (Å²) in [5.74, 6) is 0.699. The van der Waals surface area contributed by atoms with Crippen LogP contribution in [0.15, 0.2) is 12.2 Å². The topological polar surface area (TPSA) is 61.9 Å². The van der Waals surface area contributed by atoms with Gasteiger partial charge in [0.15, 0.2) is 0 Å². The summed E-state index contributed by atoms with van der Waals surface area (Å²) in [4.78, 5) is 17.5. The summed E-state index contributed by atoms with van der Waals surface area (Å²) >= 11 is 0. The van der Waals surface area contributed by atoms with Crippen molar-refractivity contribution in [3.05, 3.63) is 23.8 Å². The molecule has 0 bridgehead atoms. The number of H-pyrrole nitrogens is 1. The number of nitrogens with one attached hydrogen (secondary N) is 1. The lowest BCUT2D eigenvalue weighted by molar-refractivity contribution is 0.0766. The zero-order chi connectivity index (χ0) is 11.4. The van der Waals surface area contributed by atoms with Crippen LogP contribution < -0.4 is 0 Å². The van der Waals surface area contributed by atoms with E-state index in [2.05, 4.69) is 21.8 Å². The monoisotopic (exact) mass is 208 g/mol. The van der Waals surface area contributed by atoms with Gasteiger partial charge in [-0.15, -0.1) is 5.10 Å². The number of carbonyl (C=O) groups is 1. The number of likely N-dealkylation sites (N-methyl/N-ethyl adjacent to an activating group) is 1. The van der Waals surface area contributed by atoms with E-state index in [-0.39, 0.29) is 11.7 Å². The molecule has 5 heteroatoms. The highest BCUT2D eigenvalue weighted by atomic mass is 16.2. The summed E-state index contributed by atoms with van der Waals surface area (Å²) < 4.78 is 0. The number of aryl methyl sites for hydroxylation is 1. The number of aromatic nitrogens is 3. The molecule has 1 N–H and O–H groups in total. The molecule has 1 heterocycles. The summed E-state index contributed by atoms with van der Waals surface area (Å²) in [5.41, 5.74) is 0.942. The van der Waals surface area contributed by atoms with Crippen LogP contribution in [0, 0.1) is 6.92 Å². The second-order valence-corrected chi connectivity index (χ2v) is 3.52. The standard InChI is InChI=1S/C10H16N4O/c1-5-14(6-7(2)3)10(15)9-11-8(4)12-13-9/h2,5-6H2,1,3-4H3,(H,11,12,13). The Morgan fingerprint density at radius 1 is 1.60 bits per heavy atom. The number of hydrogen-bond donors (Lipinski definition) is 1. The summed E-state index contributed by atoms with van der Waals surface area (Å²) in [6.45, 7) is 10.5. The molecule has 0 saturated carbocycles. The van der Waals surface area contributed by atoms with Gasteiger partial charge in [-0.2, -0.15) is 0 Å². The van der Waals surface area contributed by atoms with E-state index < -0.39 is 0 Å². The predicted octanol–water partition coefficient (Wildman–Crippen LogP) is 1.15. The normalized spacial score (nSPS) is 10.1. The van der Waals surface area contributed by atoms with Crippen molar-refractivity contribution in [3.63, 3.8) is 0 Å². The first-order valence-electron chi connectivity index (χ1n) is 4.87. The largest absolute Gasteiger partial charge is 0.332 e. The van der Waals surface area contributed by atoms with E-state index >= 15 is 0 Å². The van der Waals surface area contributed by atoms with Crippen molar-refractivity contribution < 1.29 is 4.79 Å². The maximum atomic E-state index is 11.9. The second-order valence-electron chi connectivity index (χ2n) is 3.52. The van der Waals surface area contributed by atoms with Gasteiger partial charge >= 0.3 is 0 Å². The Kier molecular flexibility index (Phi) is 3.60. The van der Waals surface area contributed by atoms with Crippen LogP contribution in [0.2, 0.25) is 0 Å². The maximum absolute atomic E-state index is 11.9. The van der Waals surface area contributed by atoms with Crippen molar-refractivity contribution >= 4 is 5.91 Å². The van der Waals surface area contributed by atoms with Crippen molar-refractivity contribution in [3.8, 4) is 0 Å². The van der Waals surface area contributed by atoms with Crippen LogP contribution >= 0.6 is 0 Å².